The summed E-state index contributed by atoms with van der Waals surface area (Å²) in [5.74, 6) is 0.696. The number of benzene rings is 8. The highest BCUT2D eigenvalue weighted by molar-refractivity contribution is 7.80. The summed E-state index contributed by atoms with van der Waals surface area (Å²) in [6.07, 6.45) is 0. The summed E-state index contributed by atoms with van der Waals surface area (Å²) in [5, 5.41) is 7.70. The molecule has 250 valence electrons. The lowest BCUT2D eigenvalue weighted by atomic mass is 9.91. The normalized spacial score (nSPS) is 11.1. The average Bonchev–Trinajstić information content (AvgIpc) is 3.22. The minimum Gasteiger partial charge on any atom is -0.228 e. The lowest BCUT2D eigenvalue weighted by Gasteiger charge is -2.15. The molecule has 2 nitrogen and oxygen atoms in total. The molecule has 0 spiro atoms. The molecule has 0 saturated carbocycles. The van der Waals surface area contributed by atoms with Crippen molar-refractivity contribution < 1.29 is 0 Å². The van der Waals surface area contributed by atoms with Gasteiger partial charge in [-0.3, -0.25) is 0 Å². The standard InChI is InChI=1S/C47H32N2S.C2H6/c1-30-45(48-47(31-13-3-2-4-14-31)49-46(30)42-23-9-10-24-44(42)50)36-18-12-17-34(28-36)32-15-11-16-33(27-32)35-25-26-41-39-21-6-5-19-37(39)38-20-7-8-22-40(38)43(41)29-35;1-2/h2-29,50H,1H3;1-2H3. The Balaban J connectivity index is 0.00000190. The number of aromatic nitrogens is 2. The predicted octanol–water partition coefficient (Wildman–Crippen LogP) is 13.9. The summed E-state index contributed by atoms with van der Waals surface area (Å²) < 4.78 is 0. The van der Waals surface area contributed by atoms with Crippen molar-refractivity contribution in [2.45, 2.75) is 25.7 Å². The molecular formula is C49H38N2S. The molecule has 52 heavy (non-hydrogen) atoms. The van der Waals surface area contributed by atoms with Crippen molar-refractivity contribution in [1.29, 1.82) is 0 Å². The fourth-order valence-corrected chi connectivity index (χ4v) is 7.53. The summed E-state index contributed by atoms with van der Waals surface area (Å²) in [7, 11) is 0. The monoisotopic (exact) mass is 686 g/mol. The van der Waals surface area contributed by atoms with E-state index >= 15 is 0 Å². The van der Waals surface area contributed by atoms with Gasteiger partial charge in [0.05, 0.1) is 11.4 Å². The van der Waals surface area contributed by atoms with Crippen LogP contribution in [0.3, 0.4) is 0 Å². The summed E-state index contributed by atoms with van der Waals surface area (Å²) in [4.78, 5) is 11.1. The Labute approximate surface area is 310 Å². The zero-order valence-corrected chi connectivity index (χ0v) is 30.4. The van der Waals surface area contributed by atoms with Crippen LogP contribution in [0.4, 0.5) is 0 Å². The van der Waals surface area contributed by atoms with Crippen molar-refractivity contribution in [2.75, 3.05) is 0 Å². The summed E-state index contributed by atoms with van der Waals surface area (Å²) in [5.41, 5.74) is 10.5. The highest BCUT2D eigenvalue weighted by atomic mass is 32.1. The second kappa shape index (κ2) is 14.3. The molecule has 0 aliphatic heterocycles. The van der Waals surface area contributed by atoms with E-state index in [0.29, 0.717) is 5.82 Å². The van der Waals surface area contributed by atoms with Gasteiger partial charge in [-0.05, 0) is 85.8 Å². The molecule has 0 radical (unpaired) electrons. The van der Waals surface area contributed by atoms with Gasteiger partial charge in [-0.2, -0.15) is 0 Å². The van der Waals surface area contributed by atoms with E-state index in [0.717, 1.165) is 49.7 Å². The third-order valence-corrected chi connectivity index (χ3v) is 10.1. The lowest BCUT2D eigenvalue weighted by molar-refractivity contribution is 1.14. The van der Waals surface area contributed by atoms with Crippen LogP contribution in [-0.2, 0) is 0 Å². The number of hydrogen-bond donors (Lipinski definition) is 1. The van der Waals surface area contributed by atoms with Crippen LogP contribution in [0.2, 0.25) is 0 Å². The molecule has 0 unspecified atom stereocenters. The van der Waals surface area contributed by atoms with Gasteiger partial charge in [-0.15, -0.1) is 12.6 Å². The highest BCUT2D eigenvalue weighted by Gasteiger charge is 2.18. The Kier molecular flexibility index (Phi) is 9.11. The molecule has 9 rings (SSSR count). The smallest absolute Gasteiger partial charge is 0.160 e. The minimum atomic E-state index is 0.696. The van der Waals surface area contributed by atoms with Crippen LogP contribution >= 0.6 is 12.6 Å². The van der Waals surface area contributed by atoms with Crippen LogP contribution in [0.25, 0.3) is 88.5 Å². The third-order valence-electron chi connectivity index (χ3n) is 9.75. The summed E-state index contributed by atoms with van der Waals surface area (Å²) >= 11 is 4.80. The van der Waals surface area contributed by atoms with Crippen LogP contribution in [0.5, 0.6) is 0 Å². The van der Waals surface area contributed by atoms with Crippen molar-refractivity contribution >= 4 is 44.9 Å². The van der Waals surface area contributed by atoms with Crippen LogP contribution in [0.1, 0.15) is 19.4 Å². The van der Waals surface area contributed by atoms with Gasteiger partial charge in [-0.25, -0.2) is 9.97 Å². The number of rotatable bonds is 5. The number of nitrogens with zero attached hydrogens (tertiary/aromatic N) is 2. The van der Waals surface area contributed by atoms with E-state index in [1.54, 1.807) is 0 Å². The molecule has 8 aromatic carbocycles. The molecule has 0 atom stereocenters. The van der Waals surface area contributed by atoms with Crippen molar-refractivity contribution in [2.24, 2.45) is 0 Å². The largest absolute Gasteiger partial charge is 0.228 e. The molecule has 0 fully saturated rings. The van der Waals surface area contributed by atoms with Gasteiger partial charge in [0.15, 0.2) is 5.82 Å². The highest BCUT2D eigenvalue weighted by Crippen LogP contribution is 2.39. The fourth-order valence-electron chi connectivity index (χ4n) is 7.26. The molecule has 0 aliphatic rings. The number of hydrogen-bond acceptors (Lipinski definition) is 3. The Morgan fingerprint density at radius 3 is 1.42 bits per heavy atom. The van der Waals surface area contributed by atoms with Crippen LogP contribution in [0, 0.1) is 6.92 Å². The van der Waals surface area contributed by atoms with Gasteiger partial charge in [-0.1, -0.05) is 159 Å². The second-order valence-corrected chi connectivity index (χ2v) is 13.2. The fraction of sp³-hybridized carbons (Fsp3) is 0.0612. The molecule has 0 bridgehead atoms. The molecule has 0 amide bonds. The van der Waals surface area contributed by atoms with E-state index in [9.17, 15) is 0 Å². The van der Waals surface area contributed by atoms with Gasteiger partial charge in [0, 0.05) is 27.1 Å². The molecule has 0 N–H and O–H groups in total. The SMILES string of the molecule is CC.Cc1c(-c2cccc(-c3cccc(-c4ccc5c6ccccc6c6ccccc6c5c4)c3)c2)nc(-c2ccccc2)nc1-c1ccccc1S. The summed E-state index contributed by atoms with van der Waals surface area (Å²) in [6.45, 7) is 6.11. The van der Waals surface area contributed by atoms with E-state index < -0.39 is 0 Å². The van der Waals surface area contributed by atoms with Gasteiger partial charge in [0.1, 0.15) is 0 Å². The maximum atomic E-state index is 5.17. The first-order chi connectivity index (χ1) is 25.6. The predicted molar refractivity (Wildman–Crippen MR) is 225 cm³/mol. The average molecular weight is 687 g/mol. The molecule has 1 aromatic heterocycles. The van der Waals surface area contributed by atoms with Gasteiger partial charge in [0.2, 0.25) is 0 Å². The van der Waals surface area contributed by atoms with Crippen LogP contribution < -0.4 is 0 Å². The van der Waals surface area contributed by atoms with Crippen molar-refractivity contribution in [1.82, 2.24) is 9.97 Å². The quantitative estimate of drug-likeness (QED) is 0.144. The Morgan fingerprint density at radius 2 is 0.808 bits per heavy atom. The van der Waals surface area contributed by atoms with Gasteiger partial charge < -0.3 is 0 Å². The van der Waals surface area contributed by atoms with E-state index in [-0.39, 0.29) is 0 Å². The molecule has 1 heterocycles. The molecule has 9 aromatic rings. The number of thiol groups is 1. The van der Waals surface area contributed by atoms with Gasteiger partial charge in [0.25, 0.3) is 0 Å². The zero-order valence-electron chi connectivity index (χ0n) is 29.5. The summed E-state index contributed by atoms with van der Waals surface area (Å²) in [6, 6.07) is 60.3. The van der Waals surface area contributed by atoms with Crippen LogP contribution in [-0.4, -0.2) is 9.97 Å². The van der Waals surface area contributed by atoms with Crippen molar-refractivity contribution in [3.05, 3.63) is 175 Å². The van der Waals surface area contributed by atoms with Crippen molar-refractivity contribution in [3.8, 4) is 56.2 Å². The van der Waals surface area contributed by atoms with Crippen LogP contribution in [0.15, 0.2) is 175 Å². The maximum Gasteiger partial charge on any atom is 0.160 e. The molecule has 0 aliphatic carbocycles. The first-order valence-electron chi connectivity index (χ1n) is 17.9. The van der Waals surface area contributed by atoms with E-state index in [1.807, 2.05) is 50.2 Å². The Morgan fingerprint density at radius 1 is 0.365 bits per heavy atom. The molecule has 0 saturated heterocycles. The van der Waals surface area contributed by atoms with Crippen molar-refractivity contribution in [3.63, 3.8) is 0 Å². The zero-order chi connectivity index (χ0) is 35.6. The number of fused-ring (bicyclic) bond motifs is 6. The topological polar surface area (TPSA) is 25.8 Å². The first-order valence-corrected chi connectivity index (χ1v) is 18.3. The second-order valence-electron chi connectivity index (χ2n) is 12.8. The molecule has 3 heteroatoms. The molecular weight excluding hydrogens is 649 g/mol. The van der Waals surface area contributed by atoms with Gasteiger partial charge >= 0.3 is 0 Å². The van der Waals surface area contributed by atoms with E-state index in [1.165, 1.54) is 43.4 Å². The third kappa shape index (κ3) is 6.04. The van der Waals surface area contributed by atoms with E-state index in [4.69, 9.17) is 22.6 Å². The van der Waals surface area contributed by atoms with E-state index in [2.05, 4.69) is 140 Å². The lowest BCUT2D eigenvalue weighted by Crippen LogP contribution is -2.00. The first kappa shape index (κ1) is 33.1. The Hall–Kier alpha value is -6.03. The Bertz CT molecular complexity index is 2700. The minimum absolute atomic E-state index is 0.696. The maximum absolute atomic E-state index is 5.17.